The lowest BCUT2D eigenvalue weighted by Crippen LogP contribution is -2.62. The molecule has 17 heavy (non-hydrogen) atoms. The van der Waals surface area contributed by atoms with Crippen LogP contribution in [-0.2, 0) is 9.63 Å². The Labute approximate surface area is 97.9 Å². The fourth-order valence-corrected chi connectivity index (χ4v) is 0.992. The van der Waals surface area contributed by atoms with Crippen LogP contribution in [0, 0.1) is 0 Å². The predicted octanol–water partition coefficient (Wildman–Crippen LogP) is -0.699. The fourth-order valence-electron chi connectivity index (χ4n) is 0.992. The largest absolute Gasteiger partial charge is 0.340 e. The van der Waals surface area contributed by atoms with Crippen LogP contribution in [0.25, 0.3) is 0 Å². The molecule has 1 atom stereocenters. The lowest BCUT2D eigenvalue weighted by molar-refractivity contribution is -0.147. The van der Waals surface area contributed by atoms with Gasteiger partial charge in [-0.3, -0.25) is 10.1 Å². The molecular weight excluding hydrogens is 228 g/mol. The molecule has 8 nitrogen and oxygen atoms in total. The highest BCUT2D eigenvalue weighted by Gasteiger charge is 2.44. The number of urea groups is 2. The molecule has 0 saturated carbocycles. The summed E-state index contributed by atoms with van der Waals surface area (Å²) in [6.45, 7) is 4.88. The minimum absolute atomic E-state index is 0.0466. The predicted molar refractivity (Wildman–Crippen MR) is 57.5 cm³/mol. The molecule has 1 aliphatic heterocycles. The van der Waals surface area contributed by atoms with Crippen LogP contribution in [0.5, 0.6) is 0 Å². The average molecular weight is 242 g/mol. The van der Waals surface area contributed by atoms with Crippen LogP contribution in [0.1, 0.15) is 6.92 Å². The maximum Gasteiger partial charge on any atom is 0.340 e. The van der Waals surface area contributed by atoms with Crippen molar-refractivity contribution in [2.75, 3.05) is 14.1 Å². The summed E-state index contributed by atoms with van der Waals surface area (Å²) in [6, 6.07) is -1.22. The number of nitrogens with zero attached hydrogens (tertiary/aromatic N) is 1. The lowest BCUT2D eigenvalue weighted by Gasteiger charge is -2.33. The van der Waals surface area contributed by atoms with Crippen molar-refractivity contribution in [3.63, 3.8) is 0 Å². The molecule has 1 saturated heterocycles. The van der Waals surface area contributed by atoms with Crippen molar-refractivity contribution < 1.29 is 19.2 Å². The highest BCUT2D eigenvalue weighted by atomic mass is 16.7. The van der Waals surface area contributed by atoms with Crippen molar-refractivity contribution >= 4 is 18.0 Å². The van der Waals surface area contributed by atoms with E-state index in [1.165, 1.54) is 25.9 Å². The number of nitrogens with one attached hydrogen (secondary N) is 3. The van der Waals surface area contributed by atoms with E-state index in [0.717, 1.165) is 0 Å². The molecule has 1 fully saturated rings. The number of hydrogen-bond donors (Lipinski definition) is 3. The van der Waals surface area contributed by atoms with Gasteiger partial charge >= 0.3 is 12.1 Å². The van der Waals surface area contributed by atoms with Crippen LogP contribution in [0.4, 0.5) is 9.59 Å². The van der Waals surface area contributed by atoms with E-state index < -0.39 is 23.6 Å². The quantitative estimate of drug-likeness (QED) is 0.557. The Hall–Kier alpha value is -2.09. The monoisotopic (exact) mass is 242 g/mol. The molecule has 0 aromatic carbocycles. The number of carbonyl (C=O) groups is 3. The molecule has 0 aromatic rings. The number of hydroxylamine groups is 1. The third kappa shape index (κ3) is 2.53. The van der Waals surface area contributed by atoms with Gasteiger partial charge in [0, 0.05) is 14.1 Å². The molecular formula is C9H14N4O4. The van der Waals surface area contributed by atoms with Gasteiger partial charge in [0.1, 0.15) is 0 Å². The fraction of sp³-hybridized carbons (Fsp3) is 0.444. The number of imide groups is 1. The van der Waals surface area contributed by atoms with E-state index in [1.807, 2.05) is 5.32 Å². The Morgan fingerprint density at radius 1 is 1.41 bits per heavy atom. The van der Waals surface area contributed by atoms with Crippen molar-refractivity contribution in [1.29, 1.82) is 0 Å². The first kappa shape index (κ1) is 13.0. The third-order valence-corrected chi connectivity index (χ3v) is 2.25. The highest BCUT2D eigenvalue weighted by molar-refractivity contribution is 6.04. The summed E-state index contributed by atoms with van der Waals surface area (Å²) in [5.74, 6) is -0.703. The Balaban J connectivity index is 2.73. The van der Waals surface area contributed by atoms with Gasteiger partial charge in [0.2, 0.25) is 5.60 Å². The molecule has 94 valence electrons. The zero-order valence-electron chi connectivity index (χ0n) is 9.79. The van der Waals surface area contributed by atoms with E-state index in [1.54, 1.807) is 0 Å². The van der Waals surface area contributed by atoms with Crippen LogP contribution in [0.3, 0.4) is 0 Å². The second-order valence-corrected chi connectivity index (χ2v) is 3.82. The van der Waals surface area contributed by atoms with Gasteiger partial charge < -0.3 is 10.2 Å². The second kappa shape index (κ2) is 4.42. The maximum absolute atomic E-state index is 11.6. The Bertz CT molecular complexity index is 370. The molecule has 1 unspecified atom stereocenters. The normalized spacial score (nSPS) is 23.8. The van der Waals surface area contributed by atoms with Gasteiger partial charge in [-0.2, -0.15) is 0 Å². The number of rotatable bonds is 2. The second-order valence-electron chi connectivity index (χ2n) is 3.82. The van der Waals surface area contributed by atoms with Crippen molar-refractivity contribution in [3.05, 3.63) is 12.3 Å². The molecule has 0 aliphatic carbocycles. The smallest absolute Gasteiger partial charge is 0.329 e. The Kier molecular flexibility index (Phi) is 3.37. The standard InChI is InChI=1S/C9H14N4O4/c1-5-9(2,6(14)11-7(15)10-5)17-12-8(16)13(3)4/h1H2,2-4H3,(H,12,16)(H2,10,11,14,15). The van der Waals surface area contributed by atoms with Crippen LogP contribution < -0.4 is 16.1 Å². The first-order valence-electron chi connectivity index (χ1n) is 4.74. The summed E-state index contributed by atoms with van der Waals surface area (Å²) in [7, 11) is 3.02. The average Bonchev–Trinajstić information content (AvgIpc) is 2.22. The summed E-state index contributed by atoms with van der Waals surface area (Å²) in [5, 5.41) is 4.31. The van der Waals surface area contributed by atoms with E-state index in [9.17, 15) is 14.4 Å². The Morgan fingerprint density at radius 2 is 2.00 bits per heavy atom. The summed E-state index contributed by atoms with van der Waals surface area (Å²) in [4.78, 5) is 40.0. The van der Waals surface area contributed by atoms with Gasteiger partial charge in [-0.25, -0.2) is 19.9 Å². The van der Waals surface area contributed by atoms with Crippen molar-refractivity contribution in [1.82, 2.24) is 21.0 Å². The topological polar surface area (TPSA) is 99.8 Å². The molecule has 1 aliphatic rings. The zero-order chi connectivity index (χ0) is 13.2. The van der Waals surface area contributed by atoms with E-state index in [2.05, 4.69) is 17.4 Å². The van der Waals surface area contributed by atoms with Crippen LogP contribution in [0.15, 0.2) is 12.3 Å². The van der Waals surface area contributed by atoms with E-state index in [0.29, 0.717) is 0 Å². The summed E-state index contributed by atoms with van der Waals surface area (Å²) >= 11 is 0. The third-order valence-electron chi connectivity index (χ3n) is 2.25. The molecule has 5 amide bonds. The summed E-state index contributed by atoms with van der Waals surface area (Å²) < 4.78 is 0. The molecule has 0 spiro atoms. The summed E-state index contributed by atoms with van der Waals surface area (Å²) in [6.07, 6.45) is 0. The SMILES string of the molecule is C=C1NC(=O)NC(=O)C1(C)ONC(=O)N(C)C. The molecule has 8 heteroatoms. The van der Waals surface area contributed by atoms with E-state index >= 15 is 0 Å². The molecule has 1 rings (SSSR count). The molecule has 1 heterocycles. The number of amides is 5. The van der Waals surface area contributed by atoms with Crippen molar-refractivity contribution in [3.8, 4) is 0 Å². The van der Waals surface area contributed by atoms with Crippen molar-refractivity contribution in [2.45, 2.75) is 12.5 Å². The van der Waals surface area contributed by atoms with Gasteiger partial charge in [0.25, 0.3) is 5.91 Å². The van der Waals surface area contributed by atoms with Crippen LogP contribution in [-0.4, -0.2) is 42.6 Å². The molecule has 0 radical (unpaired) electrons. The maximum atomic E-state index is 11.6. The number of carbonyl (C=O) groups excluding carboxylic acids is 3. The van der Waals surface area contributed by atoms with Crippen LogP contribution in [0.2, 0.25) is 0 Å². The molecule has 0 bridgehead atoms. The summed E-state index contributed by atoms with van der Waals surface area (Å²) in [5.41, 5.74) is 0.587. The lowest BCUT2D eigenvalue weighted by atomic mass is 10.0. The zero-order valence-corrected chi connectivity index (χ0v) is 9.79. The van der Waals surface area contributed by atoms with Crippen molar-refractivity contribution in [2.24, 2.45) is 0 Å². The van der Waals surface area contributed by atoms with E-state index in [-0.39, 0.29) is 5.70 Å². The van der Waals surface area contributed by atoms with Gasteiger partial charge in [-0.15, -0.1) is 0 Å². The molecule has 0 aromatic heterocycles. The van der Waals surface area contributed by atoms with Gasteiger partial charge in [0.15, 0.2) is 0 Å². The van der Waals surface area contributed by atoms with Gasteiger partial charge in [0.05, 0.1) is 5.70 Å². The minimum atomic E-state index is -1.54. The Morgan fingerprint density at radius 3 is 2.47 bits per heavy atom. The first-order valence-corrected chi connectivity index (χ1v) is 4.74. The van der Waals surface area contributed by atoms with Gasteiger partial charge in [-0.05, 0) is 6.92 Å². The highest BCUT2D eigenvalue weighted by Crippen LogP contribution is 2.19. The van der Waals surface area contributed by atoms with Crippen LogP contribution >= 0.6 is 0 Å². The molecule has 3 N–H and O–H groups in total. The minimum Gasteiger partial charge on any atom is -0.329 e. The van der Waals surface area contributed by atoms with Gasteiger partial charge in [-0.1, -0.05) is 6.58 Å². The first-order chi connectivity index (χ1) is 7.77. The number of hydrogen-bond acceptors (Lipinski definition) is 4. The van der Waals surface area contributed by atoms with E-state index in [4.69, 9.17) is 4.84 Å².